The molecule has 0 heterocycles. The van der Waals surface area contributed by atoms with Crippen LogP contribution in [0, 0.1) is 17.5 Å². The van der Waals surface area contributed by atoms with Crippen LogP contribution in [0.15, 0.2) is 34.8 Å². The monoisotopic (exact) mass is 363 g/mol. The van der Waals surface area contributed by atoms with Crippen LogP contribution in [-0.4, -0.2) is 0 Å². The third-order valence-corrected chi connectivity index (χ3v) is 3.85. The Kier molecular flexibility index (Phi) is 4.73. The van der Waals surface area contributed by atoms with E-state index in [2.05, 4.69) is 15.9 Å². The van der Waals surface area contributed by atoms with Gasteiger partial charge < -0.3 is 5.73 Å². The standard InChI is InChI=1S/C14H10BrClF3N/c15-9-4-5-11(17)8(13(9)18)6-12(20)7-2-1-3-10(16)14(7)19/h1-5,12H,6,20H2. The van der Waals surface area contributed by atoms with Gasteiger partial charge in [-0.15, -0.1) is 0 Å². The van der Waals surface area contributed by atoms with Crippen molar-refractivity contribution < 1.29 is 13.2 Å². The second kappa shape index (κ2) is 6.16. The van der Waals surface area contributed by atoms with Gasteiger partial charge >= 0.3 is 0 Å². The Labute approximate surface area is 127 Å². The van der Waals surface area contributed by atoms with Gasteiger partial charge in [-0.25, -0.2) is 13.2 Å². The molecule has 106 valence electrons. The minimum atomic E-state index is -0.896. The number of rotatable bonds is 3. The summed E-state index contributed by atoms with van der Waals surface area (Å²) in [5.41, 5.74) is 5.77. The third kappa shape index (κ3) is 3.00. The second-order valence-corrected chi connectivity index (χ2v) is 5.54. The molecule has 0 aliphatic carbocycles. The molecule has 1 nitrogen and oxygen atoms in total. The molecule has 20 heavy (non-hydrogen) atoms. The van der Waals surface area contributed by atoms with Crippen molar-refractivity contribution in [1.29, 1.82) is 0 Å². The molecule has 1 atom stereocenters. The SMILES string of the molecule is NC(Cc1c(F)ccc(Br)c1F)c1cccc(Cl)c1F. The number of hydrogen-bond donors (Lipinski definition) is 1. The van der Waals surface area contributed by atoms with Gasteiger partial charge in [-0.1, -0.05) is 23.7 Å². The Morgan fingerprint density at radius 2 is 1.80 bits per heavy atom. The summed E-state index contributed by atoms with van der Waals surface area (Å²) < 4.78 is 41.5. The first-order valence-corrected chi connectivity index (χ1v) is 6.90. The van der Waals surface area contributed by atoms with Crippen molar-refractivity contribution >= 4 is 27.5 Å². The van der Waals surface area contributed by atoms with Gasteiger partial charge in [0.1, 0.15) is 17.5 Å². The Balaban J connectivity index is 2.35. The van der Waals surface area contributed by atoms with E-state index in [0.29, 0.717) is 0 Å². The maximum Gasteiger partial charge on any atom is 0.146 e. The van der Waals surface area contributed by atoms with Crippen LogP contribution >= 0.6 is 27.5 Å². The van der Waals surface area contributed by atoms with Crippen LogP contribution < -0.4 is 5.73 Å². The number of hydrogen-bond acceptors (Lipinski definition) is 1. The third-order valence-electron chi connectivity index (χ3n) is 2.94. The minimum absolute atomic E-state index is 0.0758. The van der Waals surface area contributed by atoms with Crippen molar-refractivity contribution in [2.75, 3.05) is 0 Å². The lowest BCUT2D eigenvalue weighted by atomic mass is 9.98. The van der Waals surface area contributed by atoms with Crippen LogP contribution in [-0.2, 0) is 6.42 Å². The fourth-order valence-electron chi connectivity index (χ4n) is 1.89. The van der Waals surface area contributed by atoms with Crippen molar-refractivity contribution in [1.82, 2.24) is 0 Å². The molecule has 6 heteroatoms. The number of nitrogens with two attached hydrogens (primary N) is 1. The molecular weight excluding hydrogens is 355 g/mol. The first-order valence-electron chi connectivity index (χ1n) is 5.73. The average Bonchev–Trinajstić information content (AvgIpc) is 2.42. The van der Waals surface area contributed by atoms with Crippen LogP contribution in [0.5, 0.6) is 0 Å². The topological polar surface area (TPSA) is 26.0 Å². The van der Waals surface area contributed by atoms with Gasteiger partial charge in [0, 0.05) is 17.2 Å². The molecule has 0 aromatic heterocycles. The normalized spacial score (nSPS) is 12.5. The highest BCUT2D eigenvalue weighted by molar-refractivity contribution is 9.10. The van der Waals surface area contributed by atoms with E-state index in [1.807, 2.05) is 0 Å². The molecule has 0 fully saturated rings. The first-order chi connectivity index (χ1) is 9.41. The van der Waals surface area contributed by atoms with Crippen LogP contribution in [0.4, 0.5) is 13.2 Å². The largest absolute Gasteiger partial charge is 0.324 e. The van der Waals surface area contributed by atoms with Crippen LogP contribution in [0.1, 0.15) is 17.2 Å². The maximum absolute atomic E-state index is 13.9. The van der Waals surface area contributed by atoms with E-state index in [-0.39, 0.29) is 27.0 Å². The molecule has 0 amide bonds. The first kappa shape index (κ1) is 15.4. The predicted octanol–water partition coefficient (Wildman–Crippen LogP) is 4.76. The Morgan fingerprint density at radius 1 is 1.10 bits per heavy atom. The summed E-state index contributed by atoms with van der Waals surface area (Å²) in [6.45, 7) is 0. The van der Waals surface area contributed by atoms with Gasteiger partial charge in [0.05, 0.1) is 9.50 Å². The van der Waals surface area contributed by atoms with E-state index < -0.39 is 23.5 Å². The zero-order valence-electron chi connectivity index (χ0n) is 10.1. The quantitative estimate of drug-likeness (QED) is 0.781. The molecule has 2 aromatic carbocycles. The molecule has 0 bridgehead atoms. The highest BCUT2D eigenvalue weighted by atomic mass is 79.9. The molecular formula is C14H10BrClF3N. The zero-order chi connectivity index (χ0) is 14.9. The molecule has 0 aliphatic rings. The van der Waals surface area contributed by atoms with E-state index >= 15 is 0 Å². The molecule has 2 aromatic rings. The van der Waals surface area contributed by atoms with Crippen molar-refractivity contribution in [3.8, 4) is 0 Å². The summed E-state index contributed by atoms with van der Waals surface area (Å²) >= 11 is 8.64. The van der Waals surface area contributed by atoms with Gasteiger partial charge in [0.15, 0.2) is 0 Å². The maximum atomic E-state index is 13.9. The summed E-state index contributed by atoms with van der Waals surface area (Å²) in [4.78, 5) is 0. The Morgan fingerprint density at radius 3 is 2.50 bits per heavy atom. The van der Waals surface area contributed by atoms with Gasteiger partial charge in [0.2, 0.25) is 0 Å². The summed E-state index contributed by atoms with van der Waals surface area (Å²) in [7, 11) is 0. The molecule has 1 unspecified atom stereocenters. The molecule has 0 spiro atoms. The summed E-state index contributed by atoms with van der Waals surface area (Å²) in [5.74, 6) is -2.12. The number of halogens is 5. The highest BCUT2D eigenvalue weighted by Crippen LogP contribution is 2.28. The van der Waals surface area contributed by atoms with Crippen LogP contribution in [0.25, 0.3) is 0 Å². The molecule has 2 rings (SSSR count). The molecule has 0 radical (unpaired) electrons. The highest BCUT2D eigenvalue weighted by Gasteiger charge is 2.19. The molecule has 2 N–H and O–H groups in total. The van der Waals surface area contributed by atoms with Gasteiger partial charge in [0.25, 0.3) is 0 Å². The average molecular weight is 365 g/mol. The van der Waals surface area contributed by atoms with E-state index in [0.717, 1.165) is 6.07 Å². The van der Waals surface area contributed by atoms with Gasteiger partial charge in [-0.2, -0.15) is 0 Å². The smallest absolute Gasteiger partial charge is 0.146 e. The van der Waals surface area contributed by atoms with Crippen LogP contribution in [0.2, 0.25) is 5.02 Å². The Hall–Kier alpha value is -1.04. The van der Waals surface area contributed by atoms with Gasteiger partial charge in [-0.05, 0) is 40.5 Å². The predicted molar refractivity (Wildman–Crippen MR) is 76.1 cm³/mol. The van der Waals surface area contributed by atoms with E-state index in [9.17, 15) is 13.2 Å². The molecule has 0 saturated heterocycles. The minimum Gasteiger partial charge on any atom is -0.324 e. The second-order valence-electron chi connectivity index (χ2n) is 4.28. The fourth-order valence-corrected chi connectivity index (χ4v) is 2.45. The van der Waals surface area contributed by atoms with E-state index in [1.54, 1.807) is 0 Å². The van der Waals surface area contributed by atoms with Crippen LogP contribution in [0.3, 0.4) is 0 Å². The summed E-state index contributed by atoms with van der Waals surface area (Å²) in [5, 5.41) is -0.0758. The van der Waals surface area contributed by atoms with E-state index in [4.69, 9.17) is 17.3 Å². The molecule has 0 aliphatic heterocycles. The van der Waals surface area contributed by atoms with Gasteiger partial charge in [-0.3, -0.25) is 0 Å². The van der Waals surface area contributed by atoms with Crippen molar-refractivity contribution in [2.45, 2.75) is 12.5 Å². The van der Waals surface area contributed by atoms with Crippen molar-refractivity contribution in [3.05, 3.63) is 68.4 Å². The molecule has 0 saturated carbocycles. The van der Waals surface area contributed by atoms with Crippen molar-refractivity contribution in [2.24, 2.45) is 5.73 Å². The lowest BCUT2D eigenvalue weighted by Gasteiger charge is -2.15. The lowest BCUT2D eigenvalue weighted by Crippen LogP contribution is -2.17. The van der Waals surface area contributed by atoms with E-state index in [1.165, 1.54) is 24.3 Å². The summed E-state index contributed by atoms with van der Waals surface area (Å²) in [6.07, 6.45) is -0.172. The zero-order valence-corrected chi connectivity index (χ0v) is 12.5. The Bertz CT molecular complexity index is 649. The summed E-state index contributed by atoms with van der Waals surface area (Å²) in [6, 6.07) is 5.86. The fraction of sp³-hybridized carbons (Fsp3) is 0.143. The van der Waals surface area contributed by atoms with Crippen molar-refractivity contribution in [3.63, 3.8) is 0 Å². The lowest BCUT2D eigenvalue weighted by molar-refractivity contribution is 0.525. The number of benzene rings is 2.